The molecule has 37 heavy (non-hydrogen) atoms. The van der Waals surface area contributed by atoms with Crippen molar-refractivity contribution in [2.45, 2.75) is 35.9 Å². The van der Waals surface area contributed by atoms with Gasteiger partial charge in [-0.3, -0.25) is 4.79 Å². The lowest BCUT2D eigenvalue weighted by molar-refractivity contribution is 0.0951. The first-order valence-electron chi connectivity index (χ1n) is 11.4. The van der Waals surface area contributed by atoms with Crippen LogP contribution in [0.25, 0.3) is 11.5 Å². The topological polar surface area (TPSA) is 123 Å². The van der Waals surface area contributed by atoms with Crippen LogP contribution in [-0.4, -0.2) is 34.0 Å². The Hall–Kier alpha value is -3.76. The molecular formula is C27H26N2O6S2. The van der Waals surface area contributed by atoms with E-state index in [2.05, 4.69) is 10.3 Å². The molecule has 1 amide bonds. The molecule has 8 nitrogen and oxygen atoms in total. The zero-order valence-electron chi connectivity index (χ0n) is 20.6. The van der Waals surface area contributed by atoms with Gasteiger partial charge in [0, 0.05) is 23.9 Å². The highest BCUT2D eigenvalue weighted by molar-refractivity contribution is 7.91. The highest BCUT2D eigenvalue weighted by Crippen LogP contribution is 2.25. The lowest BCUT2D eigenvalue weighted by Crippen LogP contribution is -2.22. The molecule has 0 fully saturated rings. The van der Waals surface area contributed by atoms with E-state index in [1.54, 1.807) is 67.6 Å². The van der Waals surface area contributed by atoms with Gasteiger partial charge in [0.1, 0.15) is 11.5 Å². The fourth-order valence-corrected chi connectivity index (χ4v) is 5.67. The summed E-state index contributed by atoms with van der Waals surface area (Å²) in [4.78, 5) is 17.4. The van der Waals surface area contributed by atoms with Gasteiger partial charge in [0.2, 0.25) is 5.89 Å². The Morgan fingerprint density at radius 1 is 0.892 bits per heavy atom. The highest BCUT2D eigenvalue weighted by atomic mass is 32.2. The molecule has 3 aromatic carbocycles. The molecule has 1 N–H and O–H groups in total. The molecule has 0 radical (unpaired) electrons. The first-order chi connectivity index (χ1) is 17.4. The van der Waals surface area contributed by atoms with Crippen LogP contribution in [-0.2, 0) is 32.0 Å². The Kier molecular flexibility index (Phi) is 7.33. The van der Waals surface area contributed by atoms with Crippen molar-refractivity contribution in [3.05, 3.63) is 101 Å². The zero-order valence-corrected chi connectivity index (χ0v) is 22.2. The van der Waals surface area contributed by atoms with Crippen molar-refractivity contribution in [2.75, 3.05) is 6.26 Å². The minimum atomic E-state index is -3.59. The Morgan fingerprint density at radius 2 is 1.57 bits per heavy atom. The average Bonchev–Trinajstić information content (AvgIpc) is 3.22. The Labute approximate surface area is 216 Å². The van der Waals surface area contributed by atoms with Crippen LogP contribution in [0.5, 0.6) is 0 Å². The van der Waals surface area contributed by atoms with Crippen LogP contribution < -0.4 is 5.32 Å². The van der Waals surface area contributed by atoms with Gasteiger partial charge in [-0.25, -0.2) is 21.8 Å². The number of amides is 1. The molecule has 0 unspecified atom stereocenters. The van der Waals surface area contributed by atoms with E-state index in [1.165, 1.54) is 12.1 Å². The third-order valence-corrected chi connectivity index (χ3v) is 8.53. The maximum atomic E-state index is 12.8. The molecule has 0 saturated carbocycles. The first kappa shape index (κ1) is 26.3. The Bertz CT molecular complexity index is 1650. The van der Waals surface area contributed by atoms with E-state index in [-0.39, 0.29) is 33.9 Å². The molecule has 4 rings (SSSR count). The second-order valence-electron chi connectivity index (χ2n) is 8.77. The van der Waals surface area contributed by atoms with Gasteiger partial charge in [-0.1, -0.05) is 29.8 Å². The number of hydrogen-bond acceptors (Lipinski definition) is 7. The number of nitrogens with zero attached hydrogens (tertiary/aromatic N) is 1. The van der Waals surface area contributed by atoms with Crippen LogP contribution >= 0.6 is 0 Å². The molecule has 0 bridgehead atoms. The number of oxazole rings is 1. The summed E-state index contributed by atoms with van der Waals surface area (Å²) in [5.74, 6) is 0.0524. The van der Waals surface area contributed by atoms with Gasteiger partial charge >= 0.3 is 0 Å². The molecule has 4 aromatic rings. The third-order valence-electron chi connectivity index (χ3n) is 5.77. The first-order valence-corrected chi connectivity index (χ1v) is 14.9. The largest absolute Gasteiger partial charge is 0.441 e. The molecule has 0 spiro atoms. The third kappa shape index (κ3) is 6.33. The van der Waals surface area contributed by atoms with Gasteiger partial charge in [-0.05, 0) is 67.9 Å². The quantitative estimate of drug-likeness (QED) is 0.355. The van der Waals surface area contributed by atoms with Crippen molar-refractivity contribution < 1.29 is 26.0 Å². The molecule has 0 aliphatic heterocycles. The van der Waals surface area contributed by atoms with Crippen molar-refractivity contribution in [3.8, 4) is 11.5 Å². The smallest absolute Gasteiger partial charge is 0.251 e. The summed E-state index contributed by atoms with van der Waals surface area (Å²) < 4.78 is 54.8. The van der Waals surface area contributed by atoms with Gasteiger partial charge in [-0.2, -0.15) is 0 Å². The molecular weight excluding hydrogens is 512 g/mol. The van der Waals surface area contributed by atoms with E-state index in [9.17, 15) is 21.6 Å². The molecule has 0 saturated heterocycles. The van der Waals surface area contributed by atoms with E-state index in [0.29, 0.717) is 28.1 Å². The predicted octanol–water partition coefficient (Wildman–Crippen LogP) is 4.27. The number of benzene rings is 3. The van der Waals surface area contributed by atoms with Crippen LogP contribution in [0.4, 0.5) is 0 Å². The molecule has 1 heterocycles. The number of carbonyl (C=O) groups excluding carboxylic acids is 1. The van der Waals surface area contributed by atoms with E-state index in [1.807, 2.05) is 6.92 Å². The van der Waals surface area contributed by atoms with Crippen molar-refractivity contribution in [1.82, 2.24) is 10.3 Å². The Morgan fingerprint density at radius 3 is 2.22 bits per heavy atom. The number of nitrogens with one attached hydrogen (secondary N) is 1. The van der Waals surface area contributed by atoms with E-state index in [0.717, 1.165) is 11.8 Å². The standard InChI is InChI=1S/C27H26N2O6S2/c1-18-7-13-23(14-8-18)37(33,34)17-25-19(2)35-27(29-25)22-11-9-21(10-12-22)26(30)28-16-20-5-4-6-24(15-20)36(3,31)32/h4-15H,16-17H2,1-3H3,(H,28,30). The molecule has 0 aliphatic rings. The normalized spacial score (nSPS) is 11.9. The van der Waals surface area contributed by atoms with Gasteiger partial charge < -0.3 is 9.73 Å². The summed E-state index contributed by atoms with van der Waals surface area (Å²) in [6, 6.07) is 19.6. The lowest BCUT2D eigenvalue weighted by Gasteiger charge is -2.07. The van der Waals surface area contributed by atoms with Crippen molar-refractivity contribution in [3.63, 3.8) is 0 Å². The molecule has 10 heteroatoms. The minimum absolute atomic E-state index is 0.168. The minimum Gasteiger partial charge on any atom is -0.441 e. The zero-order chi connectivity index (χ0) is 26.8. The van der Waals surface area contributed by atoms with E-state index >= 15 is 0 Å². The molecule has 0 aliphatic carbocycles. The van der Waals surface area contributed by atoms with Crippen LogP contribution in [0.15, 0.2) is 87.0 Å². The molecule has 0 atom stereocenters. The van der Waals surface area contributed by atoms with Gasteiger partial charge in [0.25, 0.3) is 5.91 Å². The maximum Gasteiger partial charge on any atom is 0.251 e. The molecule has 192 valence electrons. The number of rotatable bonds is 8. The van der Waals surface area contributed by atoms with Crippen molar-refractivity contribution >= 4 is 25.6 Å². The monoisotopic (exact) mass is 538 g/mol. The lowest BCUT2D eigenvalue weighted by atomic mass is 10.1. The van der Waals surface area contributed by atoms with Crippen LogP contribution in [0.1, 0.15) is 32.9 Å². The van der Waals surface area contributed by atoms with E-state index in [4.69, 9.17) is 4.42 Å². The number of sulfone groups is 2. The molecule has 1 aromatic heterocycles. The van der Waals surface area contributed by atoms with Crippen LogP contribution in [0.2, 0.25) is 0 Å². The van der Waals surface area contributed by atoms with Gasteiger partial charge in [-0.15, -0.1) is 0 Å². The van der Waals surface area contributed by atoms with Gasteiger partial charge in [0.05, 0.1) is 15.5 Å². The second kappa shape index (κ2) is 10.3. The maximum absolute atomic E-state index is 12.8. The fourth-order valence-electron chi connectivity index (χ4n) is 3.63. The highest BCUT2D eigenvalue weighted by Gasteiger charge is 2.21. The van der Waals surface area contributed by atoms with Crippen LogP contribution in [0.3, 0.4) is 0 Å². The summed E-state index contributed by atoms with van der Waals surface area (Å²) in [5.41, 5.74) is 2.95. The number of carbonyl (C=O) groups is 1. The predicted molar refractivity (Wildman–Crippen MR) is 139 cm³/mol. The summed E-state index contributed by atoms with van der Waals surface area (Å²) in [5, 5.41) is 2.77. The second-order valence-corrected chi connectivity index (χ2v) is 12.8. The SMILES string of the molecule is Cc1ccc(S(=O)(=O)Cc2nc(-c3ccc(C(=O)NCc4cccc(S(C)(=O)=O)c4)cc3)oc2C)cc1. The van der Waals surface area contributed by atoms with E-state index < -0.39 is 19.7 Å². The Balaban J connectivity index is 1.44. The number of aryl methyl sites for hydroxylation is 2. The summed E-state index contributed by atoms with van der Waals surface area (Å²) in [6.45, 7) is 3.72. The van der Waals surface area contributed by atoms with Crippen molar-refractivity contribution in [2.24, 2.45) is 0 Å². The van der Waals surface area contributed by atoms with Crippen LogP contribution in [0, 0.1) is 13.8 Å². The fraction of sp³-hybridized carbons (Fsp3) is 0.185. The summed E-state index contributed by atoms with van der Waals surface area (Å²) >= 11 is 0. The number of aromatic nitrogens is 1. The van der Waals surface area contributed by atoms with Gasteiger partial charge in [0.15, 0.2) is 19.7 Å². The average molecular weight is 539 g/mol. The summed E-state index contributed by atoms with van der Waals surface area (Å²) in [6.07, 6.45) is 1.13. The number of hydrogen-bond donors (Lipinski definition) is 1. The summed E-state index contributed by atoms with van der Waals surface area (Å²) in [7, 11) is -6.92. The van der Waals surface area contributed by atoms with Crippen molar-refractivity contribution in [1.29, 1.82) is 0 Å².